The van der Waals surface area contributed by atoms with Gasteiger partial charge in [-0.15, -0.1) is 10.2 Å². The van der Waals surface area contributed by atoms with Crippen LogP contribution in [0.25, 0.3) is 11.5 Å². The van der Waals surface area contributed by atoms with Crippen molar-refractivity contribution in [3.63, 3.8) is 0 Å². The van der Waals surface area contributed by atoms with Gasteiger partial charge in [-0.05, 0) is 42.5 Å². The van der Waals surface area contributed by atoms with Crippen LogP contribution in [0.3, 0.4) is 0 Å². The van der Waals surface area contributed by atoms with E-state index in [1.807, 2.05) is 30.3 Å². The molecule has 0 unspecified atom stereocenters. The summed E-state index contributed by atoms with van der Waals surface area (Å²) in [5.74, 6) is -0.278. The average molecular weight is 427 g/mol. The van der Waals surface area contributed by atoms with Crippen molar-refractivity contribution in [3.8, 4) is 11.5 Å². The molecule has 1 fully saturated rings. The SMILES string of the molecule is O=C(Nc1cccc(-c2nnco2)c1)[C@@H]1CC(=O)N(c2ccc(Br)cc2)C1. The van der Waals surface area contributed by atoms with E-state index < -0.39 is 5.92 Å². The number of hydrogen-bond acceptors (Lipinski definition) is 5. The number of aromatic nitrogens is 2. The molecule has 3 aromatic rings. The molecule has 0 bridgehead atoms. The van der Waals surface area contributed by atoms with Gasteiger partial charge in [0, 0.05) is 34.4 Å². The van der Waals surface area contributed by atoms with Crippen LogP contribution < -0.4 is 10.2 Å². The van der Waals surface area contributed by atoms with Crippen LogP contribution in [0.1, 0.15) is 6.42 Å². The first-order valence-electron chi connectivity index (χ1n) is 8.33. The molecule has 0 radical (unpaired) electrons. The van der Waals surface area contributed by atoms with Gasteiger partial charge < -0.3 is 14.6 Å². The summed E-state index contributed by atoms with van der Waals surface area (Å²) in [5, 5.41) is 10.4. The van der Waals surface area contributed by atoms with E-state index in [0.717, 1.165) is 10.2 Å². The Balaban J connectivity index is 1.45. The Morgan fingerprint density at radius 3 is 2.78 bits per heavy atom. The van der Waals surface area contributed by atoms with E-state index in [0.29, 0.717) is 23.7 Å². The maximum absolute atomic E-state index is 12.6. The molecule has 1 aromatic heterocycles. The highest BCUT2D eigenvalue weighted by molar-refractivity contribution is 9.10. The van der Waals surface area contributed by atoms with Crippen LogP contribution in [0.5, 0.6) is 0 Å². The number of amides is 2. The number of anilines is 2. The van der Waals surface area contributed by atoms with E-state index in [1.165, 1.54) is 6.39 Å². The molecule has 4 rings (SSSR count). The van der Waals surface area contributed by atoms with Crippen molar-refractivity contribution < 1.29 is 14.0 Å². The molecule has 1 aliphatic heterocycles. The van der Waals surface area contributed by atoms with Gasteiger partial charge in [-0.1, -0.05) is 22.0 Å². The van der Waals surface area contributed by atoms with Gasteiger partial charge in [0.2, 0.25) is 24.1 Å². The van der Waals surface area contributed by atoms with Gasteiger partial charge in [0.1, 0.15) is 0 Å². The zero-order valence-corrected chi connectivity index (χ0v) is 15.7. The maximum atomic E-state index is 12.6. The van der Waals surface area contributed by atoms with E-state index in [-0.39, 0.29) is 18.2 Å². The highest BCUT2D eigenvalue weighted by Crippen LogP contribution is 2.28. The molecule has 2 aromatic carbocycles. The Hall–Kier alpha value is -3.00. The van der Waals surface area contributed by atoms with Crippen molar-refractivity contribution in [1.29, 1.82) is 0 Å². The number of carbonyl (C=O) groups is 2. The van der Waals surface area contributed by atoms with Crippen molar-refractivity contribution in [2.75, 3.05) is 16.8 Å². The summed E-state index contributed by atoms with van der Waals surface area (Å²) in [4.78, 5) is 26.6. The monoisotopic (exact) mass is 426 g/mol. The number of halogens is 1. The molecule has 1 saturated heterocycles. The Bertz CT molecular complexity index is 973. The molecule has 2 heterocycles. The molecule has 1 aliphatic rings. The lowest BCUT2D eigenvalue weighted by molar-refractivity contribution is -0.122. The summed E-state index contributed by atoms with van der Waals surface area (Å²) in [6.07, 6.45) is 1.44. The molecule has 1 N–H and O–H groups in total. The van der Waals surface area contributed by atoms with Crippen LogP contribution in [0.15, 0.2) is 63.8 Å². The van der Waals surface area contributed by atoms with Gasteiger partial charge in [-0.25, -0.2) is 0 Å². The lowest BCUT2D eigenvalue weighted by atomic mass is 10.1. The van der Waals surface area contributed by atoms with Gasteiger partial charge in [-0.3, -0.25) is 9.59 Å². The van der Waals surface area contributed by atoms with Crippen LogP contribution in [0.4, 0.5) is 11.4 Å². The fraction of sp³-hybridized carbons (Fsp3) is 0.158. The molecule has 0 saturated carbocycles. The molecule has 7 nitrogen and oxygen atoms in total. The summed E-state index contributed by atoms with van der Waals surface area (Å²) in [7, 11) is 0. The van der Waals surface area contributed by atoms with Crippen LogP contribution in [-0.4, -0.2) is 28.6 Å². The predicted octanol–water partition coefficient (Wildman–Crippen LogP) is 3.49. The molecule has 0 aliphatic carbocycles. The van der Waals surface area contributed by atoms with E-state index in [1.54, 1.807) is 23.1 Å². The fourth-order valence-electron chi connectivity index (χ4n) is 3.03. The molecule has 2 amide bonds. The number of benzene rings is 2. The minimum Gasteiger partial charge on any atom is -0.423 e. The molecule has 8 heteroatoms. The number of rotatable bonds is 4. The maximum Gasteiger partial charge on any atom is 0.247 e. The number of nitrogens with zero attached hydrogens (tertiary/aromatic N) is 3. The summed E-state index contributed by atoms with van der Waals surface area (Å²) in [5.41, 5.74) is 2.12. The van der Waals surface area contributed by atoms with Crippen LogP contribution >= 0.6 is 15.9 Å². The molecular formula is C19H15BrN4O3. The zero-order valence-electron chi connectivity index (χ0n) is 14.1. The second-order valence-electron chi connectivity index (χ2n) is 6.20. The minimum absolute atomic E-state index is 0.0583. The number of hydrogen-bond donors (Lipinski definition) is 1. The number of nitrogens with one attached hydrogen (secondary N) is 1. The Morgan fingerprint density at radius 2 is 2.04 bits per heavy atom. The van der Waals surface area contributed by atoms with Crippen molar-refractivity contribution in [3.05, 3.63) is 59.4 Å². The first-order valence-corrected chi connectivity index (χ1v) is 9.13. The lowest BCUT2D eigenvalue weighted by Gasteiger charge is -2.17. The second kappa shape index (κ2) is 7.32. The Morgan fingerprint density at radius 1 is 1.22 bits per heavy atom. The van der Waals surface area contributed by atoms with E-state index in [9.17, 15) is 9.59 Å². The average Bonchev–Trinajstić information content (AvgIpc) is 3.33. The molecule has 136 valence electrons. The summed E-state index contributed by atoms with van der Waals surface area (Å²) in [6, 6.07) is 14.6. The summed E-state index contributed by atoms with van der Waals surface area (Å²) >= 11 is 3.38. The third-order valence-electron chi connectivity index (χ3n) is 4.37. The van der Waals surface area contributed by atoms with Gasteiger partial charge >= 0.3 is 0 Å². The number of carbonyl (C=O) groups excluding carboxylic acids is 2. The van der Waals surface area contributed by atoms with Crippen LogP contribution in [-0.2, 0) is 9.59 Å². The first kappa shape index (κ1) is 17.4. The topological polar surface area (TPSA) is 88.3 Å². The fourth-order valence-corrected chi connectivity index (χ4v) is 3.29. The molecule has 0 spiro atoms. The normalized spacial score (nSPS) is 16.6. The summed E-state index contributed by atoms with van der Waals surface area (Å²) in [6.45, 7) is 0.357. The minimum atomic E-state index is -0.409. The van der Waals surface area contributed by atoms with E-state index >= 15 is 0 Å². The van der Waals surface area contributed by atoms with Crippen molar-refractivity contribution in [2.45, 2.75) is 6.42 Å². The Labute approximate surface area is 163 Å². The lowest BCUT2D eigenvalue weighted by Crippen LogP contribution is -2.28. The quantitative estimate of drug-likeness (QED) is 0.689. The smallest absolute Gasteiger partial charge is 0.247 e. The molecule has 1 atom stereocenters. The predicted molar refractivity (Wildman–Crippen MR) is 103 cm³/mol. The van der Waals surface area contributed by atoms with Crippen molar-refractivity contribution >= 4 is 39.1 Å². The van der Waals surface area contributed by atoms with Gasteiger partial charge in [0.25, 0.3) is 0 Å². The van der Waals surface area contributed by atoms with Crippen LogP contribution in [0, 0.1) is 5.92 Å². The first-order chi connectivity index (χ1) is 13.1. The van der Waals surface area contributed by atoms with Gasteiger partial charge in [0.05, 0.1) is 5.92 Å². The van der Waals surface area contributed by atoms with Crippen LogP contribution in [0.2, 0.25) is 0 Å². The second-order valence-corrected chi connectivity index (χ2v) is 7.11. The summed E-state index contributed by atoms with van der Waals surface area (Å²) < 4.78 is 6.11. The van der Waals surface area contributed by atoms with Gasteiger partial charge in [0.15, 0.2) is 0 Å². The highest BCUT2D eigenvalue weighted by Gasteiger charge is 2.35. The van der Waals surface area contributed by atoms with Gasteiger partial charge in [-0.2, -0.15) is 0 Å². The highest BCUT2D eigenvalue weighted by atomic mass is 79.9. The molecular weight excluding hydrogens is 412 g/mol. The van der Waals surface area contributed by atoms with E-state index in [4.69, 9.17) is 4.42 Å². The van der Waals surface area contributed by atoms with Crippen molar-refractivity contribution in [2.24, 2.45) is 5.92 Å². The molecule has 27 heavy (non-hydrogen) atoms. The standard InChI is InChI=1S/C19H15BrN4O3/c20-14-4-6-16(7-5-14)24-10-13(9-17(24)25)18(26)22-15-3-1-2-12(8-15)19-23-21-11-27-19/h1-8,11,13H,9-10H2,(H,22,26)/t13-/m1/s1. The van der Waals surface area contributed by atoms with Crippen molar-refractivity contribution in [1.82, 2.24) is 10.2 Å². The third kappa shape index (κ3) is 3.75. The third-order valence-corrected chi connectivity index (χ3v) is 4.90. The van der Waals surface area contributed by atoms with E-state index in [2.05, 4.69) is 31.4 Å². The largest absolute Gasteiger partial charge is 0.423 e. The zero-order chi connectivity index (χ0) is 18.8. The Kier molecular flexibility index (Phi) is 4.72.